The number of benzene rings is 1. The molecule has 0 radical (unpaired) electrons. The van der Waals surface area contributed by atoms with Crippen LogP contribution in [-0.2, 0) is 4.79 Å². The minimum atomic E-state index is -0.224. The van der Waals surface area contributed by atoms with E-state index < -0.39 is 0 Å². The van der Waals surface area contributed by atoms with Crippen molar-refractivity contribution in [3.8, 4) is 5.75 Å². The number of carbonyl (C=O) groups is 1. The first kappa shape index (κ1) is 17.3. The summed E-state index contributed by atoms with van der Waals surface area (Å²) in [6.45, 7) is 7.11. The molecule has 1 saturated heterocycles. The quantitative estimate of drug-likeness (QED) is 0.896. The Morgan fingerprint density at radius 3 is 2.68 bits per heavy atom. The van der Waals surface area contributed by atoms with Crippen LogP contribution in [0.4, 0.5) is 11.6 Å². The summed E-state index contributed by atoms with van der Waals surface area (Å²) in [5.74, 6) is 1.17. The number of nitrogens with zero attached hydrogens (tertiary/aromatic N) is 3. The van der Waals surface area contributed by atoms with E-state index in [1.54, 1.807) is 13.2 Å². The Labute approximate surface area is 147 Å². The summed E-state index contributed by atoms with van der Waals surface area (Å²) < 4.78 is 10.3. The first-order valence-electron chi connectivity index (χ1n) is 8.44. The maximum Gasteiger partial charge on any atom is 0.243 e. The maximum absolute atomic E-state index is 12.4. The third kappa shape index (κ3) is 4.11. The van der Waals surface area contributed by atoms with E-state index >= 15 is 0 Å². The van der Waals surface area contributed by atoms with Crippen LogP contribution in [0, 0.1) is 6.92 Å². The van der Waals surface area contributed by atoms with Crippen molar-refractivity contribution in [2.75, 3.05) is 43.5 Å². The molecule has 0 unspecified atom stereocenters. The number of carbonyl (C=O) groups excluding carboxylic acids is 1. The average Bonchev–Trinajstić information content (AvgIpc) is 3.06. The molecule has 0 aliphatic carbocycles. The van der Waals surface area contributed by atoms with Gasteiger partial charge in [0.25, 0.3) is 0 Å². The standard InChI is InChI=1S/C18H24N4O3/c1-13-11-17(25-20-13)19-18(23)14(2)21-7-9-22(10-8-21)15-5-4-6-16(12-15)24-3/h4-6,11-12,14H,7-10H2,1-3H3,(H,19,23)/t14-/m0/s1. The van der Waals surface area contributed by atoms with Gasteiger partial charge in [0.05, 0.1) is 18.8 Å². The molecular formula is C18H24N4O3. The maximum atomic E-state index is 12.4. The van der Waals surface area contributed by atoms with E-state index in [4.69, 9.17) is 9.26 Å². The average molecular weight is 344 g/mol. The fourth-order valence-electron chi connectivity index (χ4n) is 2.99. The number of aryl methyl sites for hydroxylation is 1. The Hall–Kier alpha value is -2.54. The second kappa shape index (κ2) is 7.57. The lowest BCUT2D eigenvalue weighted by Crippen LogP contribution is -2.52. The van der Waals surface area contributed by atoms with Crippen molar-refractivity contribution in [1.29, 1.82) is 0 Å². The second-order valence-electron chi connectivity index (χ2n) is 6.22. The van der Waals surface area contributed by atoms with Gasteiger partial charge in [-0.1, -0.05) is 11.2 Å². The zero-order valence-corrected chi connectivity index (χ0v) is 14.9. The van der Waals surface area contributed by atoms with Gasteiger partial charge in [-0.3, -0.25) is 15.0 Å². The molecular weight excluding hydrogens is 320 g/mol. The highest BCUT2D eigenvalue weighted by Crippen LogP contribution is 2.22. The summed E-state index contributed by atoms with van der Waals surface area (Å²) in [6.07, 6.45) is 0. The number of hydrogen-bond donors (Lipinski definition) is 1. The molecule has 3 rings (SSSR count). The molecule has 1 N–H and O–H groups in total. The smallest absolute Gasteiger partial charge is 0.243 e. The highest BCUT2D eigenvalue weighted by Gasteiger charge is 2.26. The van der Waals surface area contributed by atoms with Crippen molar-refractivity contribution >= 4 is 17.5 Å². The molecule has 1 atom stereocenters. The summed E-state index contributed by atoms with van der Waals surface area (Å²) in [5, 5.41) is 6.56. The Morgan fingerprint density at radius 2 is 2.04 bits per heavy atom. The minimum absolute atomic E-state index is 0.0778. The van der Waals surface area contributed by atoms with Crippen LogP contribution in [0.15, 0.2) is 34.9 Å². The van der Waals surface area contributed by atoms with Gasteiger partial charge in [0.1, 0.15) is 5.75 Å². The van der Waals surface area contributed by atoms with Crippen molar-refractivity contribution in [2.24, 2.45) is 0 Å². The van der Waals surface area contributed by atoms with Crippen LogP contribution in [-0.4, -0.2) is 55.3 Å². The van der Waals surface area contributed by atoms with Crippen LogP contribution >= 0.6 is 0 Å². The van der Waals surface area contributed by atoms with Crippen LogP contribution in [0.25, 0.3) is 0 Å². The Balaban J connectivity index is 1.55. The molecule has 1 amide bonds. The van der Waals surface area contributed by atoms with Crippen LogP contribution < -0.4 is 15.0 Å². The van der Waals surface area contributed by atoms with Gasteiger partial charge >= 0.3 is 0 Å². The van der Waals surface area contributed by atoms with E-state index in [0.29, 0.717) is 5.88 Å². The zero-order valence-electron chi connectivity index (χ0n) is 14.9. The van der Waals surface area contributed by atoms with Crippen molar-refractivity contribution in [3.05, 3.63) is 36.0 Å². The number of rotatable bonds is 5. The van der Waals surface area contributed by atoms with Crippen molar-refractivity contribution in [3.63, 3.8) is 0 Å². The summed E-state index contributed by atoms with van der Waals surface area (Å²) in [6, 6.07) is 9.55. The Morgan fingerprint density at radius 1 is 1.28 bits per heavy atom. The third-order valence-corrected chi connectivity index (χ3v) is 4.53. The molecule has 1 aromatic heterocycles. The van der Waals surface area contributed by atoms with E-state index in [1.165, 1.54) is 0 Å². The molecule has 7 nitrogen and oxygen atoms in total. The van der Waals surface area contributed by atoms with Gasteiger partial charge in [-0.25, -0.2) is 0 Å². The van der Waals surface area contributed by atoms with E-state index in [1.807, 2.05) is 32.0 Å². The van der Waals surface area contributed by atoms with Crippen LogP contribution in [0.1, 0.15) is 12.6 Å². The van der Waals surface area contributed by atoms with Crippen LogP contribution in [0.3, 0.4) is 0 Å². The molecule has 1 aliphatic rings. The SMILES string of the molecule is COc1cccc(N2CCN([C@@H](C)C(=O)Nc3cc(C)no3)CC2)c1. The monoisotopic (exact) mass is 344 g/mol. The molecule has 1 fully saturated rings. The number of nitrogens with one attached hydrogen (secondary N) is 1. The zero-order chi connectivity index (χ0) is 17.8. The van der Waals surface area contributed by atoms with Crippen molar-refractivity contribution < 1.29 is 14.1 Å². The largest absolute Gasteiger partial charge is 0.497 e. The molecule has 7 heteroatoms. The Kier molecular flexibility index (Phi) is 5.23. The van der Waals surface area contributed by atoms with Gasteiger partial charge in [-0.2, -0.15) is 0 Å². The number of amides is 1. The van der Waals surface area contributed by atoms with Crippen molar-refractivity contribution in [2.45, 2.75) is 19.9 Å². The van der Waals surface area contributed by atoms with Gasteiger partial charge in [-0.15, -0.1) is 0 Å². The molecule has 25 heavy (non-hydrogen) atoms. The molecule has 1 aliphatic heterocycles. The fraction of sp³-hybridized carbons (Fsp3) is 0.444. The molecule has 0 spiro atoms. The number of anilines is 2. The molecule has 0 saturated carbocycles. The lowest BCUT2D eigenvalue weighted by Gasteiger charge is -2.38. The highest BCUT2D eigenvalue weighted by atomic mass is 16.5. The summed E-state index contributed by atoms with van der Waals surface area (Å²) in [7, 11) is 1.67. The molecule has 134 valence electrons. The summed E-state index contributed by atoms with van der Waals surface area (Å²) >= 11 is 0. The number of piperazine rings is 1. The minimum Gasteiger partial charge on any atom is -0.497 e. The fourth-order valence-corrected chi connectivity index (χ4v) is 2.99. The van der Waals surface area contributed by atoms with Crippen LogP contribution in [0.5, 0.6) is 5.75 Å². The Bertz CT molecular complexity index is 723. The van der Waals surface area contributed by atoms with E-state index in [0.717, 1.165) is 43.3 Å². The third-order valence-electron chi connectivity index (χ3n) is 4.53. The molecule has 1 aromatic carbocycles. The van der Waals surface area contributed by atoms with E-state index in [2.05, 4.69) is 26.3 Å². The van der Waals surface area contributed by atoms with E-state index in [-0.39, 0.29) is 11.9 Å². The predicted molar refractivity (Wildman–Crippen MR) is 96.1 cm³/mol. The number of methoxy groups -OCH3 is 1. The van der Waals surface area contributed by atoms with Gasteiger partial charge in [0.2, 0.25) is 11.8 Å². The molecule has 2 aromatic rings. The molecule has 0 bridgehead atoms. The lowest BCUT2D eigenvalue weighted by molar-refractivity contribution is -0.121. The second-order valence-corrected chi connectivity index (χ2v) is 6.22. The highest BCUT2D eigenvalue weighted by molar-refractivity contribution is 5.93. The van der Waals surface area contributed by atoms with E-state index in [9.17, 15) is 4.79 Å². The molecule has 2 heterocycles. The number of hydrogen-bond acceptors (Lipinski definition) is 6. The normalized spacial score (nSPS) is 16.5. The first-order chi connectivity index (χ1) is 12.1. The summed E-state index contributed by atoms with van der Waals surface area (Å²) in [5.41, 5.74) is 1.89. The van der Waals surface area contributed by atoms with Crippen molar-refractivity contribution in [1.82, 2.24) is 10.1 Å². The summed E-state index contributed by atoms with van der Waals surface area (Å²) in [4.78, 5) is 16.9. The van der Waals surface area contributed by atoms with Crippen LogP contribution in [0.2, 0.25) is 0 Å². The number of aromatic nitrogens is 1. The predicted octanol–water partition coefficient (Wildman–Crippen LogP) is 2.14. The number of ether oxygens (including phenoxy) is 1. The van der Waals surface area contributed by atoms with Gasteiger partial charge in [0, 0.05) is 44.0 Å². The first-order valence-corrected chi connectivity index (χ1v) is 8.44. The van der Waals surface area contributed by atoms with Gasteiger partial charge < -0.3 is 14.2 Å². The topological polar surface area (TPSA) is 70.8 Å². The van der Waals surface area contributed by atoms with Gasteiger partial charge in [0.15, 0.2) is 0 Å². The van der Waals surface area contributed by atoms with Gasteiger partial charge in [-0.05, 0) is 26.0 Å². The lowest BCUT2D eigenvalue weighted by atomic mass is 10.2.